The Hall–Kier alpha value is -2.42. The predicted octanol–water partition coefficient (Wildman–Crippen LogP) is 3.26. The minimum atomic E-state index is 0.835. The molecule has 0 aliphatic heterocycles. The third-order valence-corrected chi connectivity index (χ3v) is 2.96. The van der Waals surface area contributed by atoms with Crippen molar-refractivity contribution in [1.29, 1.82) is 0 Å². The predicted molar refractivity (Wildman–Crippen MR) is 73.1 cm³/mol. The molecule has 0 amide bonds. The van der Waals surface area contributed by atoms with Crippen molar-refractivity contribution in [3.8, 4) is 0 Å². The lowest BCUT2D eigenvalue weighted by Crippen LogP contribution is -1.99. The first-order valence-electron chi connectivity index (χ1n) is 5.82. The highest BCUT2D eigenvalue weighted by Crippen LogP contribution is 2.20. The van der Waals surface area contributed by atoms with E-state index in [0.717, 1.165) is 22.3 Å². The quantitative estimate of drug-likeness (QED) is 0.682. The number of nitrogens with zero attached hydrogens (tertiary/aromatic N) is 3. The molecule has 0 saturated carbocycles. The number of aryl methyl sites for hydroxylation is 1. The summed E-state index contributed by atoms with van der Waals surface area (Å²) in [6, 6.07) is 16.1. The van der Waals surface area contributed by atoms with Gasteiger partial charge in [0.25, 0.3) is 0 Å². The van der Waals surface area contributed by atoms with Gasteiger partial charge >= 0.3 is 0 Å². The summed E-state index contributed by atoms with van der Waals surface area (Å²) in [6.45, 7) is 6.15. The van der Waals surface area contributed by atoms with Crippen LogP contribution in [0.2, 0.25) is 0 Å². The van der Waals surface area contributed by atoms with E-state index in [2.05, 4.69) is 23.0 Å². The van der Waals surface area contributed by atoms with Gasteiger partial charge in [0.05, 0.1) is 11.2 Å². The smallest absolute Gasteiger partial charge is 0.113 e. The molecular formula is C15H13N3. The van der Waals surface area contributed by atoms with Crippen LogP contribution in [0.5, 0.6) is 0 Å². The monoisotopic (exact) mass is 235 g/mol. The van der Waals surface area contributed by atoms with Crippen LogP contribution in [0.4, 0.5) is 0 Å². The molecule has 3 aromatic rings. The fourth-order valence-corrected chi connectivity index (χ4v) is 1.99. The second-order valence-corrected chi connectivity index (χ2v) is 4.31. The van der Waals surface area contributed by atoms with Gasteiger partial charge in [-0.3, -0.25) is 0 Å². The lowest BCUT2D eigenvalue weighted by molar-refractivity contribution is 0.842. The first-order valence-corrected chi connectivity index (χ1v) is 5.82. The van der Waals surface area contributed by atoms with Crippen molar-refractivity contribution in [2.75, 3.05) is 0 Å². The van der Waals surface area contributed by atoms with Gasteiger partial charge in [0, 0.05) is 0 Å². The minimum Gasteiger partial charge on any atom is -0.213 e. The molecule has 0 aliphatic carbocycles. The highest BCUT2D eigenvalue weighted by Gasteiger charge is 2.08. The van der Waals surface area contributed by atoms with Gasteiger partial charge in [0.1, 0.15) is 5.52 Å². The average molecular weight is 235 g/mol. The molecule has 18 heavy (non-hydrogen) atoms. The first kappa shape index (κ1) is 10.7. The second kappa shape index (κ2) is 4.11. The summed E-state index contributed by atoms with van der Waals surface area (Å²) in [6.07, 6.45) is 0. The Balaban J connectivity index is 2.13. The van der Waals surface area contributed by atoms with Gasteiger partial charge in [-0.05, 0) is 30.2 Å². The van der Waals surface area contributed by atoms with Gasteiger partial charge in [0.2, 0.25) is 0 Å². The Morgan fingerprint density at radius 1 is 1.11 bits per heavy atom. The van der Waals surface area contributed by atoms with Crippen LogP contribution in [0.25, 0.3) is 16.7 Å². The SMILES string of the molecule is C=C(c1ccccc1)n1nnc2cc(C)ccc21. The normalized spacial score (nSPS) is 10.7. The van der Waals surface area contributed by atoms with E-state index in [1.54, 1.807) is 4.68 Å². The van der Waals surface area contributed by atoms with Crippen molar-refractivity contribution in [3.63, 3.8) is 0 Å². The Labute approximate surface area is 105 Å². The van der Waals surface area contributed by atoms with Crippen molar-refractivity contribution in [2.45, 2.75) is 6.92 Å². The van der Waals surface area contributed by atoms with Crippen LogP contribution in [0, 0.1) is 6.92 Å². The molecule has 3 rings (SSSR count). The zero-order chi connectivity index (χ0) is 12.5. The fourth-order valence-electron chi connectivity index (χ4n) is 1.99. The Morgan fingerprint density at radius 3 is 2.67 bits per heavy atom. The summed E-state index contributed by atoms with van der Waals surface area (Å²) in [5, 5.41) is 8.36. The number of aromatic nitrogens is 3. The van der Waals surface area contributed by atoms with Gasteiger partial charge < -0.3 is 0 Å². The zero-order valence-corrected chi connectivity index (χ0v) is 10.2. The number of fused-ring (bicyclic) bond motifs is 1. The fraction of sp³-hybridized carbons (Fsp3) is 0.0667. The van der Waals surface area contributed by atoms with Crippen molar-refractivity contribution >= 4 is 16.7 Å². The molecule has 0 atom stereocenters. The van der Waals surface area contributed by atoms with Crippen LogP contribution in [-0.2, 0) is 0 Å². The molecule has 3 heteroatoms. The number of benzene rings is 2. The summed E-state index contributed by atoms with van der Waals surface area (Å²) in [4.78, 5) is 0. The number of hydrogen-bond donors (Lipinski definition) is 0. The largest absolute Gasteiger partial charge is 0.213 e. The van der Waals surface area contributed by atoms with E-state index >= 15 is 0 Å². The Kier molecular flexibility index (Phi) is 2.45. The maximum atomic E-state index is 4.18. The molecule has 0 saturated heterocycles. The molecule has 1 heterocycles. The molecular weight excluding hydrogens is 222 g/mol. The molecule has 0 spiro atoms. The van der Waals surface area contributed by atoms with Crippen LogP contribution in [0.1, 0.15) is 11.1 Å². The van der Waals surface area contributed by atoms with E-state index in [-0.39, 0.29) is 0 Å². The molecule has 0 fully saturated rings. The van der Waals surface area contributed by atoms with E-state index in [1.165, 1.54) is 5.56 Å². The third kappa shape index (κ3) is 1.70. The molecule has 2 aromatic carbocycles. The maximum absolute atomic E-state index is 4.18. The summed E-state index contributed by atoms with van der Waals surface area (Å²) < 4.78 is 1.78. The zero-order valence-electron chi connectivity index (χ0n) is 10.2. The minimum absolute atomic E-state index is 0.835. The van der Waals surface area contributed by atoms with Gasteiger partial charge in [-0.15, -0.1) is 5.10 Å². The highest BCUT2D eigenvalue weighted by molar-refractivity contribution is 5.80. The van der Waals surface area contributed by atoms with Gasteiger partial charge in [0.15, 0.2) is 0 Å². The lowest BCUT2D eigenvalue weighted by atomic mass is 10.1. The van der Waals surface area contributed by atoms with Gasteiger partial charge in [-0.25, -0.2) is 4.68 Å². The van der Waals surface area contributed by atoms with Crippen molar-refractivity contribution in [3.05, 3.63) is 66.2 Å². The molecule has 0 N–H and O–H groups in total. The van der Waals surface area contributed by atoms with Crippen molar-refractivity contribution < 1.29 is 0 Å². The molecule has 88 valence electrons. The topological polar surface area (TPSA) is 30.7 Å². The van der Waals surface area contributed by atoms with E-state index in [1.807, 2.05) is 49.4 Å². The van der Waals surface area contributed by atoms with E-state index in [9.17, 15) is 0 Å². The number of rotatable bonds is 2. The average Bonchev–Trinajstić information content (AvgIpc) is 2.81. The highest BCUT2D eigenvalue weighted by atomic mass is 15.4. The molecule has 1 aromatic heterocycles. The summed E-state index contributed by atoms with van der Waals surface area (Å²) in [7, 11) is 0. The first-order chi connectivity index (χ1) is 8.75. The van der Waals surface area contributed by atoms with Crippen LogP contribution in [0.3, 0.4) is 0 Å². The maximum Gasteiger partial charge on any atom is 0.113 e. The van der Waals surface area contributed by atoms with E-state index in [4.69, 9.17) is 0 Å². The molecule has 0 unspecified atom stereocenters. The number of hydrogen-bond acceptors (Lipinski definition) is 2. The van der Waals surface area contributed by atoms with E-state index in [0.29, 0.717) is 0 Å². The summed E-state index contributed by atoms with van der Waals surface area (Å²) >= 11 is 0. The standard InChI is InChI=1S/C15H13N3/c1-11-8-9-15-14(10-11)16-17-18(15)12(2)13-6-4-3-5-7-13/h3-10H,2H2,1H3. The van der Waals surface area contributed by atoms with Crippen molar-refractivity contribution in [1.82, 2.24) is 15.0 Å². The second-order valence-electron chi connectivity index (χ2n) is 4.31. The Bertz CT molecular complexity index is 711. The molecule has 0 aliphatic rings. The molecule has 0 bridgehead atoms. The lowest BCUT2D eigenvalue weighted by Gasteiger charge is -2.06. The molecule has 0 radical (unpaired) electrons. The van der Waals surface area contributed by atoms with Crippen LogP contribution >= 0.6 is 0 Å². The van der Waals surface area contributed by atoms with Gasteiger partial charge in [-0.2, -0.15) is 0 Å². The van der Waals surface area contributed by atoms with E-state index < -0.39 is 0 Å². The third-order valence-electron chi connectivity index (χ3n) is 2.96. The summed E-state index contributed by atoms with van der Waals surface area (Å²) in [5.41, 5.74) is 4.94. The Morgan fingerprint density at radius 2 is 1.89 bits per heavy atom. The summed E-state index contributed by atoms with van der Waals surface area (Å²) in [5.74, 6) is 0. The molecule has 3 nitrogen and oxygen atoms in total. The van der Waals surface area contributed by atoms with Gasteiger partial charge in [-0.1, -0.05) is 48.2 Å². The van der Waals surface area contributed by atoms with Crippen LogP contribution in [-0.4, -0.2) is 15.0 Å². The van der Waals surface area contributed by atoms with Crippen LogP contribution < -0.4 is 0 Å². The van der Waals surface area contributed by atoms with Crippen molar-refractivity contribution in [2.24, 2.45) is 0 Å². The van der Waals surface area contributed by atoms with Crippen LogP contribution in [0.15, 0.2) is 55.1 Å².